The minimum absolute atomic E-state index is 0.0189. The van der Waals surface area contributed by atoms with Gasteiger partial charge in [-0.3, -0.25) is 4.79 Å². The molecule has 0 saturated carbocycles. The first kappa shape index (κ1) is 16.4. The Hall–Kier alpha value is -2.06. The number of nitrogens with zero attached hydrogens (tertiary/aromatic N) is 2. The Bertz CT molecular complexity index is 927. The number of rotatable bonds is 4. The molecular weight excluding hydrogens is 445 g/mol. The summed E-state index contributed by atoms with van der Waals surface area (Å²) in [5.74, 6) is -0.137. The summed E-state index contributed by atoms with van der Waals surface area (Å²) in [6, 6.07) is 14.2. The van der Waals surface area contributed by atoms with Crippen LogP contribution in [-0.4, -0.2) is 16.6 Å². The van der Waals surface area contributed by atoms with Crippen LogP contribution in [0.15, 0.2) is 80.6 Å². The third kappa shape index (κ3) is 3.50. The van der Waals surface area contributed by atoms with E-state index in [1.165, 1.54) is 5.56 Å². The van der Waals surface area contributed by atoms with E-state index >= 15 is 0 Å². The number of azo groups is 2. The minimum atomic E-state index is -0.137. The molecule has 1 unspecified atom stereocenters. The second-order valence-corrected chi connectivity index (χ2v) is 7.84. The maximum Gasteiger partial charge on any atom is 0.276 e. The minimum Gasteiger partial charge on any atom is -0.346 e. The van der Waals surface area contributed by atoms with Gasteiger partial charge in [0.2, 0.25) is 6.04 Å². The van der Waals surface area contributed by atoms with Crippen LogP contribution in [0.3, 0.4) is 0 Å². The number of hydrogen-bond acceptors (Lipinski definition) is 3. The van der Waals surface area contributed by atoms with Gasteiger partial charge in [-0.2, -0.15) is 0 Å². The molecule has 124 valence electrons. The van der Waals surface area contributed by atoms with Gasteiger partial charge in [-0.15, -0.1) is 11.3 Å². The number of hydrogen-bond donors (Lipinski definition) is 1. The van der Waals surface area contributed by atoms with E-state index < -0.39 is 0 Å². The Morgan fingerprint density at radius 1 is 1.20 bits per heavy atom. The zero-order valence-corrected chi connectivity index (χ0v) is 16.2. The van der Waals surface area contributed by atoms with E-state index in [0.29, 0.717) is 12.2 Å². The number of thiophene rings is 1. The number of halogens is 1. The second-order valence-electron chi connectivity index (χ2n) is 5.70. The van der Waals surface area contributed by atoms with Gasteiger partial charge in [0.05, 0.1) is 6.54 Å². The van der Waals surface area contributed by atoms with Gasteiger partial charge >= 0.3 is 0 Å². The van der Waals surface area contributed by atoms with Crippen LogP contribution in [0.2, 0.25) is 0 Å². The van der Waals surface area contributed by atoms with Crippen LogP contribution in [0.5, 0.6) is 0 Å². The van der Waals surface area contributed by atoms with Crippen molar-refractivity contribution in [2.24, 2.45) is 5.11 Å². The number of amides is 1. The van der Waals surface area contributed by atoms with E-state index in [0.717, 1.165) is 14.2 Å². The standard InChI is InChI=1S/C19H14IN3OS/c20-18-10-14(13-5-2-1-3-6-13)9-15-11-17(22-23(15)18)19(24)21-12-16-7-4-8-25-16/h1-11,15H,12H2/p+1. The van der Waals surface area contributed by atoms with E-state index in [-0.39, 0.29) is 11.9 Å². The van der Waals surface area contributed by atoms with Crippen molar-refractivity contribution < 1.29 is 9.49 Å². The van der Waals surface area contributed by atoms with Crippen molar-refractivity contribution in [2.75, 3.05) is 0 Å². The van der Waals surface area contributed by atoms with Gasteiger partial charge in [-0.05, 0) is 28.7 Å². The Balaban J connectivity index is 1.53. The molecule has 2 aromatic rings. The summed E-state index contributed by atoms with van der Waals surface area (Å²) in [7, 11) is 0. The molecule has 4 rings (SSSR count). The fourth-order valence-corrected chi connectivity index (χ4v) is 4.20. The average Bonchev–Trinajstić information content (AvgIpc) is 3.30. The van der Waals surface area contributed by atoms with Crippen LogP contribution in [0, 0.1) is 0 Å². The van der Waals surface area contributed by atoms with Crippen LogP contribution in [0.25, 0.3) is 5.57 Å². The monoisotopic (exact) mass is 460 g/mol. The Labute approximate surface area is 163 Å². The lowest BCUT2D eigenvalue weighted by atomic mass is 10.0. The highest BCUT2D eigenvalue weighted by Crippen LogP contribution is 2.32. The van der Waals surface area contributed by atoms with Gasteiger partial charge < -0.3 is 5.32 Å². The third-order valence-corrected chi connectivity index (χ3v) is 5.70. The summed E-state index contributed by atoms with van der Waals surface area (Å²) in [5, 5.41) is 9.42. The lowest BCUT2D eigenvalue weighted by molar-refractivity contribution is -0.539. The fraction of sp³-hybridized carbons (Fsp3) is 0.105. The van der Waals surface area contributed by atoms with Gasteiger partial charge in [0.1, 0.15) is 0 Å². The summed E-state index contributed by atoms with van der Waals surface area (Å²) in [6.07, 6.45) is 6.15. The SMILES string of the molecule is O=C(NCc1cccs1)C1=CC2C=C(c3ccccc3)C=C(I)[N+]2=N1. The lowest BCUT2D eigenvalue weighted by Gasteiger charge is -2.10. The van der Waals surface area contributed by atoms with Crippen LogP contribution in [0.1, 0.15) is 10.4 Å². The molecule has 2 aliphatic heterocycles. The van der Waals surface area contributed by atoms with Crippen molar-refractivity contribution in [1.29, 1.82) is 0 Å². The topological polar surface area (TPSA) is 44.5 Å². The van der Waals surface area contributed by atoms with E-state index in [4.69, 9.17) is 0 Å². The van der Waals surface area contributed by atoms with Gasteiger partial charge in [0.25, 0.3) is 9.61 Å². The summed E-state index contributed by atoms with van der Waals surface area (Å²) in [5.41, 5.74) is 2.79. The Morgan fingerprint density at radius 3 is 2.80 bits per heavy atom. The molecule has 1 atom stereocenters. The van der Waals surface area contributed by atoms with Crippen molar-refractivity contribution in [3.8, 4) is 0 Å². The van der Waals surface area contributed by atoms with Crippen molar-refractivity contribution in [2.45, 2.75) is 12.6 Å². The van der Waals surface area contributed by atoms with Gasteiger partial charge in [-0.1, -0.05) is 41.1 Å². The molecule has 1 aromatic carbocycles. The predicted octanol–water partition coefficient (Wildman–Crippen LogP) is 4.47. The van der Waals surface area contributed by atoms with E-state index in [2.05, 4.69) is 57.3 Å². The molecule has 0 radical (unpaired) electrons. The molecule has 0 fully saturated rings. The summed E-state index contributed by atoms with van der Waals surface area (Å²) >= 11 is 3.90. The molecule has 1 aromatic heterocycles. The van der Waals surface area contributed by atoms with Crippen molar-refractivity contribution in [3.05, 3.63) is 85.9 Å². The summed E-state index contributed by atoms with van der Waals surface area (Å²) in [6.45, 7) is 0.534. The molecule has 3 heterocycles. The van der Waals surface area contributed by atoms with E-state index in [1.54, 1.807) is 11.3 Å². The Kier molecular flexibility index (Phi) is 4.63. The maximum absolute atomic E-state index is 12.4. The average molecular weight is 460 g/mol. The zero-order chi connectivity index (χ0) is 17.2. The molecule has 4 nitrogen and oxygen atoms in total. The molecular formula is C19H15IN3OS+. The van der Waals surface area contributed by atoms with Crippen molar-refractivity contribution in [3.63, 3.8) is 0 Å². The van der Waals surface area contributed by atoms with Crippen LogP contribution in [-0.2, 0) is 11.3 Å². The molecule has 0 aliphatic carbocycles. The van der Waals surface area contributed by atoms with E-state index in [9.17, 15) is 4.79 Å². The van der Waals surface area contributed by atoms with Crippen molar-refractivity contribution >= 4 is 45.4 Å². The normalized spacial score (nSPS) is 18.7. The lowest BCUT2D eigenvalue weighted by Crippen LogP contribution is -2.23. The first-order chi connectivity index (χ1) is 12.2. The molecule has 1 amide bonds. The van der Waals surface area contributed by atoms with E-state index in [1.807, 2.05) is 46.5 Å². The predicted molar refractivity (Wildman–Crippen MR) is 107 cm³/mol. The van der Waals surface area contributed by atoms with Crippen LogP contribution < -0.4 is 5.32 Å². The van der Waals surface area contributed by atoms with Crippen molar-refractivity contribution in [1.82, 2.24) is 5.32 Å². The number of carbonyl (C=O) groups excluding carboxylic acids is 1. The van der Waals surface area contributed by atoms with Gasteiger partial charge in [0, 0.05) is 44.7 Å². The zero-order valence-electron chi connectivity index (χ0n) is 13.2. The van der Waals surface area contributed by atoms with Crippen LogP contribution in [0.4, 0.5) is 0 Å². The third-order valence-electron chi connectivity index (χ3n) is 4.01. The number of nitrogens with one attached hydrogen (secondary N) is 1. The molecule has 0 bridgehead atoms. The molecule has 25 heavy (non-hydrogen) atoms. The first-order valence-corrected chi connectivity index (χ1v) is 9.84. The molecule has 6 heteroatoms. The smallest absolute Gasteiger partial charge is 0.276 e. The fourth-order valence-electron chi connectivity index (χ4n) is 2.79. The quantitative estimate of drug-likeness (QED) is 0.409. The maximum atomic E-state index is 12.4. The van der Waals surface area contributed by atoms with Crippen LogP contribution >= 0.6 is 33.9 Å². The highest BCUT2D eigenvalue weighted by Gasteiger charge is 2.35. The molecule has 2 aliphatic rings. The number of fused-ring (bicyclic) bond motifs is 1. The molecule has 0 spiro atoms. The largest absolute Gasteiger partial charge is 0.346 e. The summed E-state index contributed by atoms with van der Waals surface area (Å²) < 4.78 is 2.88. The Morgan fingerprint density at radius 2 is 2.04 bits per heavy atom. The molecule has 1 N–H and O–H groups in total. The highest BCUT2D eigenvalue weighted by molar-refractivity contribution is 14.1. The number of carbonyl (C=O) groups is 1. The number of benzene rings is 1. The second kappa shape index (κ2) is 7.05. The summed E-state index contributed by atoms with van der Waals surface area (Å²) in [4.78, 5) is 13.5. The molecule has 0 saturated heterocycles. The number of allylic oxidation sites excluding steroid dienone is 2. The van der Waals surface area contributed by atoms with Gasteiger partial charge in [-0.25, -0.2) is 0 Å². The van der Waals surface area contributed by atoms with Gasteiger partial charge in [0.15, 0.2) is 5.70 Å². The highest BCUT2D eigenvalue weighted by atomic mass is 127. The first-order valence-electron chi connectivity index (χ1n) is 7.88.